The molecule has 0 spiro atoms. The first-order valence-electron chi connectivity index (χ1n) is 7.71. The lowest BCUT2D eigenvalue weighted by Gasteiger charge is -2.08. The molecule has 0 unspecified atom stereocenters. The van der Waals surface area contributed by atoms with Crippen molar-refractivity contribution in [3.63, 3.8) is 0 Å². The normalized spacial score (nSPS) is 10.5. The van der Waals surface area contributed by atoms with E-state index in [0.29, 0.717) is 19.1 Å². The van der Waals surface area contributed by atoms with E-state index < -0.39 is 5.97 Å². The summed E-state index contributed by atoms with van der Waals surface area (Å²) in [4.78, 5) is 11.9. The molecule has 2 rings (SSSR count). The molecule has 1 aromatic heterocycles. The summed E-state index contributed by atoms with van der Waals surface area (Å²) >= 11 is 0. The number of ether oxygens (including phenoxy) is 2. The van der Waals surface area contributed by atoms with Crippen LogP contribution in [-0.2, 0) is 4.74 Å². The largest absolute Gasteiger partial charge is 0.478 e. The summed E-state index contributed by atoms with van der Waals surface area (Å²) < 4.78 is 12.4. The Hall–Kier alpha value is -2.30. The van der Waals surface area contributed by atoms with Crippen LogP contribution in [0.4, 0.5) is 0 Å². The van der Waals surface area contributed by atoms with Crippen LogP contribution >= 0.6 is 0 Å². The molecule has 2 aromatic rings. The van der Waals surface area contributed by atoms with Crippen molar-refractivity contribution in [3.8, 4) is 11.6 Å². The highest BCUT2D eigenvalue weighted by molar-refractivity contribution is 5.87. The van der Waals surface area contributed by atoms with Gasteiger partial charge in [0.2, 0.25) is 5.88 Å². The second-order valence-corrected chi connectivity index (χ2v) is 4.89. The van der Waals surface area contributed by atoms with Crippen molar-refractivity contribution in [2.45, 2.75) is 33.1 Å². The Labute approximate surface area is 130 Å². The summed E-state index contributed by atoms with van der Waals surface area (Å²) in [6, 6.07) is 11.2. The third kappa shape index (κ3) is 4.10. The van der Waals surface area contributed by atoms with E-state index in [1.807, 2.05) is 30.3 Å². The van der Waals surface area contributed by atoms with E-state index in [9.17, 15) is 4.79 Å². The molecule has 0 N–H and O–H groups in total. The van der Waals surface area contributed by atoms with Gasteiger partial charge in [-0.15, -0.1) is 0 Å². The monoisotopic (exact) mass is 302 g/mol. The van der Waals surface area contributed by atoms with Crippen molar-refractivity contribution in [2.24, 2.45) is 0 Å². The molecule has 0 fully saturated rings. The highest BCUT2D eigenvalue weighted by Crippen LogP contribution is 2.20. The number of rotatable bonds is 8. The van der Waals surface area contributed by atoms with E-state index in [0.717, 1.165) is 24.9 Å². The van der Waals surface area contributed by atoms with Gasteiger partial charge < -0.3 is 9.47 Å². The van der Waals surface area contributed by atoms with Crippen molar-refractivity contribution in [2.75, 3.05) is 13.2 Å². The van der Waals surface area contributed by atoms with E-state index in [1.54, 1.807) is 17.7 Å². The summed E-state index contributed by atoms with van der Waals surface area (Å²) in [5.74, 6) is 0.126. The average molecular weight is 302 g/mol. The maximum absolute atomic E-state index is 11.9. The molecule has 0 aliphatic rings. The topological polar surface area (TPSA) is 53.4 Å². The van der Waals surface area contributed by atoms with Crippen LogP contribution in [0.1, 0.15) is 43.6 Å². The van der Waals surface area contributed by atoms with Gasteiger partial charge in [-0.3, -0.25) is 0 Å². The van der Waals surface area contributed by atoms with E-state index in [2.05, 4.69) is 12.0 Å². The molecule has 0 atom stereocenters. The van der Waals surface area contributed by atoms with Gasteiger partial charge >= 0.3 is 5.97 Å². The number of esters is 1. The van der Waals surface area contributed by atoms with E-state index in [-0.39, 0.29) is 5.69 Å². The van der Waals surface area contributed by atoms with Crippen LogP contribution in [0.25, 0.3) is 5.69 Å². The summed E-state index contributed by atoms with van der Waals surface area (Å²) in [6.45, 7) is 4.85. The highest BCUT2D eigenvalue weighted by Gasteiger charge is 2.17. The maximum atomic E-state index is 11.9. The van der Waals surface area contributed by atoms with Gasteiger partial charge in [-0.25, -0.2) is 9.48 Å². The van der Waals surface area contributed by atoms with Crippen LogP contribution in [0, 0.1) is 0 Å². The molecule has 1 heterocycles. The fraction of sp³-hybridized carbons (Fsp3) is 0.412. The molecule has 5 nitrogen and oxygen atoms in total. The van der Waals surface area contributed by atoms with Gasteiger partial charge in [0, 0.05) is 6.07 Å². The Kier molecular flexibility index (Phi) is 6.01. The lowest BCUT2D eigenvalue weighted by molar-refractivity contribution is 0.0519. The highest BCUT2D eigenvalue weighted by atomic mass is 16.5. The maximum Gasteiger partial charge on any atom is 0.358 e. The molecule has 118 valence electrons. The van der Waals surface area contributed by atoms with E-state index in [1.165, 1.54) is 0 Å². The van der Waals surface area contributed by atoms with Gasteiger partial charge in [-0.05, 0) is 25.5 Å². The average Bonchev–Trinajstić information content (AvgIpc) is 2.97. The van der Waals surface area contributed by atoms with Crippen LogP contribution < -0.4 is 4.74 Å². The first-order valence-corrected chi connectivity index (χ1v) is 7.71. The van der Waals surface area contributed by atoms with E-state index >= 15 is 0 Å². The predicted molar refractivity (Wildman–Crippen MR) is 84.5 cm³/mol. The summed E-state index contributed by atoms with van der Waals surface area (Å²) in [5.41, 5.74) is 1.11. The summed E-state index contributed by atoms with van der Waals surface area (Å²) in [7, 11) is 0. The molecule has 0 saturated carbocycles. The number of aromatic nitrogens is 2. The van der Waals surface area contributed by atoms with Gasteiger partial charge in [0.1, 0.15) is 0 Å². The van der Waals surface area contributed by atoms with Crippen LogP contribution in [-0.4, -0.2) is 29.0 Å². The van der Waals surface area contributed by atoms with Crippen molar-refractivity contribution in [1.29, 1.82) is 0 Å². The lowest BCUT2D eigenvalue weighted by atomic mass is 10.3. The van der Waals surface area contributed by atoms with Crippen LogP contribution in [0.5, 0.6) is 5.88 Å². The molecule has 0 bridgehead atoms. The molecular weight excluding hydrogens is 280 g/mol. The van der Waals surface area contributed by atoms with Crippen molar-refractivity contribution in [1.82, 2.24) is 9.78 Å². The molecule has 1 aromatic carbocycles. The Morgan fingerprint density at radius 1 is 1.18 bits per heavy atom. The lowest BCUT2D eigenvalue weighted by Crippen LogP contribution is -2.07. The zero-order valence-electron chi connectivity index (χ0n) is 13.1. The molecule has 5 heteroatoms. The predicted octanol–water partition coefficient (Wildman–Crippen LogP) is 3.62. The number of benzene rings is 1. The Morgan fingerprint density at radius 2 is 1.95 bits per heavy atom. The quantitative estimate of drug-likeness (QED) is 0.552. The number of carbonyl (C=O) groups excluding carboxylic acids is 1. The smallest absolute Gasteiger partial charge is 0.358 e. The molecule has 0 aliphatic carbocycles. The van der Waals surface area contributed by atoms with Crippen molar-refractivity contribution >= 4 is 5.97 Å². The van der Waals surface area contributed by atoms with Gasteiger partial charge in [0.15, 0.2) is 5.69 Å². The minimum Gasteiger partial charge on any atom is -0.478 e. The number of hydrogen-bond donors (Lipinski definition) is 0. The molecule has 0 saturated heterocycles. The molecule has 0 amide bonds. The zero-order valence-corrected chi connectivity index (χ0v) is 13.1. The number of nitrogens with zero attached hydrogens (tertiary/aromatic N) is 2. The number of carbonyl (C=O) groups is 1. The molecular formula is C17H22N2O3. The minimum absolute atomic E-state index is 0.260. The van der Waals surface area contributed by atoms with Crippen LogP contribution in [0.15, 0.2) is 36.4 Å². The van der Waals surface area contributed by atoms with Crippen molar-refractivity contribution in [3.05, 3.63) is 42.1 Å². The van der Waals surface area contributed by atoms with Gasteiger partial charge in [-0.2, -0.15) is 5.10 Å². The number of para-hydroxylation sites is 1. The van der Waals surface area contributed by atoms with Gasteiger partial charge in [0.25, 0.3) is 0 Å². The second kappa shape index (κ2) is 8.22. The minimum atomic E-state index is -0.435. The molecule has 0 radical (unpaired) electrons. The fourth-order valence-electron chi connectivity index (χ4n) is 2.05. The number of hydrogen-bond acceptors (Lipinski definition) is 4. The third-order valence-electron chi connectivity index (χ3n) is 3.16. The first-order chi connectivity index (χ1) is 10.8. The third-order valence-corrected chi connectivity index (χ3v) is 3.16. The SMILES string of the molecule is CCCCCOc1cc(C(=O)OCC)nn1-c1ccccc1. The van der Waals surface area contributed by atoms with Gasteiger partial charge in [-0.1, -0.05) is 38.0 Å². The summed E-state index contributed by atoms with van der Waals surface area (Å²) in [6.07, 6.45) is 3.23. The molecule has 0 aliphatic heterocycles. The first kappa shape index (κ1) is 16.1. The fourth-order valence-corrected chi connectivity index (χ4v) is 2.05. The second-order valence-electron chi connectivity index (χ2n) is 4.89. The Balaban J connectivity index is 2.22. The van der Waals surface area contributed by atoms with Gasteiger partial charge in [0.05, 0.1) is 18.9 Å². The van der Waals surface area contributed by atoms with E-state index in [4.69, 9.17) is 9.47 Å². The summed E-state index contributed by atoms with van der Waals surface area (Å²) in [5, 5.41) is 4.32. The van der Waals surface area contributed by atoms with Crippen molar-refractivity contribution < 1.29 is 14.3 Å². The zero-order chi connectivity index (χ0) is 15.8. The van der Waals surface area contributed by atoms with Crippen LogP contribution in [0.3, 0.4) is 0 Å². The number of unbranched alkanes of at least 4 members (excludes halogenated alkanes) is 2. The Bertz CT molecular complexity index is 593. The standard InChI is InChI=1S/C17H22N2O3/c1-3-5-9-12-22-16-13-15(17(20)21-4-2)18-19(16)14-10-7-6-8-11-14/h6-8,10-11,13H,3-5,9,12H2,1-2H3. The molecule has 22 heavy (non-hydrogen) atoms. The Morgan fingerprint density at radius 3 is 2.64 bits per heavy atom. The van der Waals surface area contributed by atoms with Crippen LogP contribution in [0.2, 0.25) is 0 Å².